The molecule has 0 atom stereocenters. The first-order chi connectivity index (χ1) is 9.44. The van der Waals surface area contributed by atoms with Crippen molar-refractivity contribution in [2.75, 3.05) is 11.8 Å². The van der Waals surface area contributed by atoms with Crippen LogP contribution >= 0.6 is 11.3 Å². The van der Waals surface area contributed by atoms with Crippen molar-refractivity contribution in [2.24, 2.45) is 0 Å². The van der Waals surface area contributed by atoms with Crippen molar-refractivity contribution < 1.29 is 23.1 Å². The van der Waals surface area contributed by atoms with Crippen LogP contribution in [0.15, 0.2) is 34.0 Å². The van der Waals surface area contributed by atoms with E-state index in [0.29, 0.717) is 11.4 Å². The van der Waals surface area contributed by atoms with Gasteiger partial charge in [0, 0.05) is 5.69 Å². The first-order valence-electron chi connectivity index (χ1n) is 5.27. The van der Waals surface area contributed by atoms with Crippen LogP contribution in [-0.2, 0) is 10.0 Å². The molecule has 0 aliphatic rings. The molecule has 0 amide bonds. The smallest absolute Gasteiger partial charge is 0.356 e. The van der Waals surface area contributed by atoms with Crippen LogP contribution in [0.3, 0.4) is 0 Å². The SMILES string of the molecule is COc1ccc(NS(=O)(=O)c2scnc2C(=O)O)cc1. The van der Waals surface area contributed by atoms with Gasteiger partial charge in [0.2, 0.25) is 0 Å². The van der Waals surface area contributed by atoms with Crippen molar-refractivity contribution >= 4 is 33.0 Å². The van der Waals surface area contributed by atoms with E-state index in [-0.39, 0.29) is 4.21 Å². The molecule has 0 aliphatic heterocycles. The normalized spacial score (nSPS) is 11.1. The highest BCUT2D eigenvalue weighted by molar-refractivity contribution is 7.94. The Labute approximate surface area is 118 Å². The Morgan fingerprint density at radius 2 is 2.00 bits per heavy atom. The monoisotopic (exact) mass is 314 g/mol. The maximum Gasteiger partial charge on any atom is 0.356 e. The van der Waals surface area contributed by atoms with Gasteiger partial charge in [0.15, 0.2) is 9.90 Å². The molecule has 106 valence electrons. The topological polar surface area (TPSA) is 106 Å². The molecule has 2 N–H and O–H groups in total. The summed E-state index contributed by atoms with van der Waals surface area (Å²) in [6, 6.07) is 6.20. The fraction of sp³-hybridized carbons (Fsp3) is 0.0909. The Balaban J connectivity index is 2.30. The van der Waals surface area contributed by atoms with E-state index in [1.54, 1.807) is 12.1 Å². The molecule has 9 heteroatoms. The van der Waals surface area contributed by atoms with Crippen molar-refractivity contribution in [1.82, 2.24) is 4.98 Å². The number of hydrogen-bond donors (Lipinski definition) is 2. The highest BCUT2D eigenvalue weighted by Gasteiger charge is 2.25. The van der Waals surface area contributed by atoms with Crippen LogP contribution in [0.5, 0.6) is 5.75 Å². The number of anilines is 1. The van der Waals surface area contributed by atoms with Gasteiger partial charge in [-0.05, 0) is 24.3 Å². The number of ether oxygens (including phenoxy) is 1. The molecule has 20 heavy (non-hydrogen) atoms. The average Bonchev–Trinajstić information content (AvgIpc) is 2.89. The zero-order valence-corrected chi connectivity index (χ0v) is 11.9. The Kier molecular flexibility index (Phi) is 3.91. The number of sulfonamides is 1. The number of hydrogen-bond acceptors (Lipinski definition) is 6. The van der Waals surface area contributed by atoms with Crippen molar-refractivity contribution in [3.8, 4) is 5.75 Å². The molecule has 1 aromatic heterocycles. The van der Waals surface area contributed by atoms with Crippen LogP contribution in [0, 0.1) is 0 Å². The quantitative estimate of drug-likeness (QED) is 0.869. The van der Waals surface area contributed by atoms with Crippen molar-refractivity contribution in [2.45, 2.75) is 4.21 Å². The summed E-state index contributed by atoms with van der Waals surface area (Å²) in [4.78, 5) is 14.4. The standard InChI is InChI=1S/C11H10N2O5S2/c1-18-8-4-2-7(3-5-8)13-20(16,17)11-9(10(14)15)12-6-19-11/h2-6,13H,1H3,(H,14,15). The predicted octanol–water partition coefficient (Wildman–Crippen LogP) is 1.65. The summed E-state index contributed by atoms with van der Waals surface area (Å²) in [6.07, 6.45) is 0. The molecule has 1 aromatic carbocycles. The Bertz CT molecular complexity index is 722. The van der Waals surface area contributed by atoms with Gasteiger partial charge >= 0.3 is 5.97 Å². The lowest BCUT2D eigenvalue weighted by atomic mass is 10.3. The van der Waals surface area contributed by atoms with E-state index in [0.717, 1.165) is 11.3 Å². The zero-order chi connectivity index (χ0) is 14.8. The van der Waals surface area contributed by atoms with Gasteiger partial charge in [0.1, 0.15) is 5.75 Å². The summed E-state index contributed by atoms with van der Waals surface area (Å²) in [5.41, 5.74) is 0.984. The molecular formula is C11H10N2O5S2. The molecule has 7 nitrogen and oxygen atoms in total. The van der Waals surface area contributed by atoms with Crippen LogP contribution in [0.4, 0.5) is 5.69 Å². The van der Waals surface area contributed by atoms with E-state index in [1.165, 1.54) is 24.8 Å². The van der Waals surface area contributed by atoms with Gasteiger partial charge in [-0.3, -0.25) is 4.72 Å². The second kappa shape index (κ2) is 5.47. The van der Waals surface area contributed by atoms with Crippen LogP contribution in [-0.4, -0.2) is 31.6 Å². The minimum Gasteiger partial charge on any atom is -0.497 e. The lowest BCUT2D eigenvalue weighted by Gasteiger charge is -2.07. The Hall–Kier alpha value is -2.13. The lowest BCUT2D eigenvalue weighted by Crippen LogP contribution is -2.15. The molecule has 1 heterocycles. The molecule has 0 bridgehead atoms. The fourth-order valence-corrected chi connectivity index (χ4v) is 3.63. The number of aromatic carboxylic acids is 1. The molecule has 0 saturated carbocycles. The number of rotatable bonds is 5. The van der Waals surface area contributed by atoms with Gasteiger partial charge in [-0.1, -0.05) is 0 Å². The van der Waals surface area contributed by atoms with Gasteiger partial charge in [0.25, 0.3) is 10.0 Å². The number of nitrogens with one attached hydrogen (secondary N) is 1. The van der Waals surface area contributed by atoms with Crippen molar-refractivity contribution in [3.63, 3.8) is 0 Å². The summed E-state index contributed by atoms with van der Waals surface area (Å²) < 4.78 is 31.1. The highest BCUT2D eigenvalue weighted by atomic mass is 32.2. The van der Waals surface area contributed by atoms with E-state index in [1.807, 2.05) is 0 Å². The largest absolute Gasteiger partial charge is 0.497 e. The van der Waals surface area contributed by atoms with E-state index >= 15 is 0 Å². The molecule has 2 rings (SSSR count). The van der Waals surface area contributed by atoms with E-state index in [2.05, 4.69) is 9.71 Å². The number of carboxylic acid groups (broad SMARTS) is 1. The minimum atomic E-state index is -3.98. The molecule has 0 saturated heterocycles. The molecule has 0 radical (unpaired) electrons. The summed E-state index contributed by atoms with van der Waals surface area (Å²) in [5.74, 6) is -0.807. The maximum atomic E-state index is 12.1. The minimum absolute atomic E-state index is 0.301. The second-order valence-corrected chi connectivity index (χ2v) is 6.36. The highest BCUT2D eigenvalue weighted by Crippen LogP contribution is 2.24. The van der Waals surface area contributed by atoms with Crippen LogP contribution in [0.25, 0.3) is 0 Å². The van der Waals surface area contributed by atoms with Gasteiger partial charge in [-0.25, -0.2) is 18.2 Å². The third-order valence-corrected chi connectivity index (χ3v) is 5.07. The van der Waals surface area contributed by atoms with Crippen molar-refractivity contribution in [3.05, 3.63) is 35.5 Å². The van der Waals surface area contributed by atoms with E-state index in [9.17, 15) is 13.2 Å². The predicted molar refractivity (Wildman–Crippen MR) is 72.9 cm³/mol. The third-order valence-electron chi connectivity index (χ3n) is 2.32. The summed E-state index contributed by atoms with van der Waals surface area (Å²) in [5, 5.41) is 8.89. The van der Waals surface area contributed by atoms with Gasteiger partial charge in [0.05, 0.1) is 12.6 Å². The number of thiazole rings is 1. The third kappa shape index (κ3) is 2.89. The van der Waals surface area contributed by atoms with Gasteiger partial charge in [-0.15, -0.1) is 11.3 Å². The lowest BCUT2D eigenvalue weighted by molar-refractivity contribution is 0.0687. The van der Waals surface area contributed by atoms with Gasteiger partial charge < -0.3 is 9.84 Å². The molecule has 0 fully saturated rings. The molecular weight excluding hydrogens is 304 g/mol. The first-order valence-corrected chi connectivity index (χ1v) is 7.64. The molecule has 0 spiro atoms. The molecule has 0 aliphatic carbocycles. The van der Waals surface area contributed by atoms with Crippen LogP contribution < -0.4 is 9.46 Å². The number of aromatic nitrogens is 1. The Morgan fingerprint density at radius 3 is 2.55 bits per heavy atom. The summed E-state index contributed by atoms with van der Waals surface area (Å²) in [7, 11) is -2.49. The average molecular weight is 314 g/mol. The number of nitrogens with zero attached hydrogens (tertiary/aromatic N) is 1. The summed E-state index contributed by atoms with van der Waals surface area (Å²) >= 11 is 0.745. The summed E-state index contributed by atoms with van der Waals surface area (Å²) in [6.45, 7) is 0. The second-order valence-electron chi connectivity index (χ2n) is 3.63. The number of benzene rings is 1. The van der Waals surface area contributed by atoms with Crippen molar-refractivity contribution in [1.29, 1.82) is 0 Å². The number of methoxy groups -OCH3 is 1. The Morgan fingerprint density at radius 1 is 1.35 bits per heavy atom. The number of carbonyl (C=O) groups is 1. The molecule has 0 unspecified atom stereocenters. The first kappa shape index (κ1) is 14.3. The molecule has 2 aromatic rings. The number of carboxylic acids is 1. The van der Waals surface area contributed by atoms with Crippen LogP contribution in [0.2, 0.25) is 0 Å². The van der Waals surface area contributed by atoms with E-state index < -0.39 is 21.7 Å². The maximum absolute atomic E-state index is 12.1. The van der Waals surface area contributed by atoms with Gasteiger partial charge in [-0.2, -0.15) is 0 Å². The fourth-order valence-electron chi connectivity index (χ4n) is 1.43. The van der Waals surface area contributed by atoms with E-state index in [4.69, 9.17) is 9.84 Å². The zero-order valence-electron chi connectivity index (χ0n) is 10.2. The van der Waals surface area contributed by atoms with Crippen LogP contribution in [0.1, 0.15) is 10.5 Å².